The van der Waals surface area contributed by atoms with E-state index >= 15 is 0 Å². The van der Waals surface area contributed by atoms with Gasteiger partial charge in [-0.15, -0.1) is 0 Å². The highest BCUT2D eigenvalue weighted by Crippen LogP contribution is 2.16. The molecule has 0 aromatic heterocycles. The number of carbonyl (C=O) groups is 3. The molecule has 1 aliphatic heterocycles. The Kier molecular flexibility index (Phi) is 5.43. The van der Waals surface area contributed by atoms with Crippen LogP contribution < -0.4 is 5.43 Å². The molecule has 1 fully saturated rings. The van der Waals surface area contributed by atoms with E-state index < -0.39 is 17.7 Å². The number of carboxylic acid groups (broad SMARTS) is 1. The predicted octanol–water partition coefficient (Wildman–Crippen LogP) is 2.12. The molecule has 0 saturated carbocycles. The van der Waals surface area contributed by atoms with Crippen LogP contribution >= 0.6 is 0 Å². The fourth-order valence-electron chi connectivity index (χ4n) is 2.25. The Morgan fingerprint density at radius 1 is 1.09 bits per heavy atom. The van der Waals surface area contributed by atoms with Gasteiger partial charge in [-0.2, -0.15) is 0 Å². The fraction of sp³-hybridized carbons (Fsp3) is 0.312. The van der Waals surface area contributed by atoms with Crippen molar-refractivity contribution < 1.29 is 19.5 Å². The summed E-state index contributed by atoms with van der Waals surface area (Å²) in [6, 6.07) is 7.07. The van der Waals surface area contributed by atoms with Crippen molar-refractivity contribution in [3.05, 3.63) is 41.5 Å². The van der Waals surface area contributed by atoms with Crippen molar-refractivity contribution in [3.63, 3.8) is 0 Å². The number of ketones is 2. The molecule has 1 heterocycles. The van der Waals surface area contributed by atoms with E-state index in [4.69, 9.17) is 5.11 Å². The Morgan fingerprint density at radius 2 is 1.86 bits per heavy atom. The first-order valence-corrected chi connectivity index (χ1v) is 7.19. The predicted molar refractivity (Wildman–Crippen MR) is 81.4 cm³/mol. The van der Waals surface area contributed by atoms with Crippen molar-refractivity contribution in [3.8, 4) is 0 Å². The first kappa shape index (κ1) is 15.9. The summed E-state index contributed by atoms with van der Waals surface area (Å²) >= 11 is 0. The van der Waals surface area contributed by atoms with Crippen molar-refractivity contribution in [2.75, 3.05) is 13.1 Å². The van der Waals surface area contributed by atoms with Crippen LogP contribution in [0.25, 0.3) is 6.08 Å². The zero-order valence-electron chi connectivity index (χ0n) is 12.1. The average molecular weight is 302 g/mol. The van der Waals surface area contributed by atoms with E-state index in [2.05, 4.69) is 5.43 Å². The maximum Gasteiger partial charge on any atom is 0.421 e. The molecule has 0 unspecified atom stereocenters. The minimum atomic E-state index is -0.873. The number of allylic oxidation sites excluding steroid dienone is 1. The molecule has 1 aromatic carbocycles. The summed E-state index contributed by atoms with van der Waals surface area (Å²) in [5, 5.41) is 9.78. The molecular weight excluding hydrogens is 284 g/mol. The van der Waals surface area contributed by atoms with Gasteiger partial charge in [0.2, 0.25) is 11.6 Å². The molecule has 1 amide bonds. The molecule has 0 bridgehead atoms. The van der Waals surface area contributed by atoms with Gasteiger partial charge in [0.25, 0.3) is 0 Å². The summed E-state index contributed by atoms with van der Waals surface area (Å²) in [4.78, 5) is 32.5. The molecule has 1 aromatic rings. The summed E-state index contributed by atoms with van der Waals surface area (Å²) in [7, 11) is 0. The van der Waals surface area contributed by atoms with Gasteiger partial charge in [-0.25, -0.2) is 15.2 Å². The minimum Gasteiger partial charge on any atom is -0.464 e. The minimum absolute atomic E-state index is 0.409. The Labute approximate surface area is 128 Å². The number of nitrogens with one attached hydrogen (secondary N) is 1. The average Bonchev–Trinajstić information content (AvgIpc) is 2.81. The third kappa shape index (κ3) is 4.02. The molecule has 0 spiro atoms. The molecule has 2 aliphatic rings. The number of hydrogen-bond donors (Lipinski definition) is 2. The van der Waals surface area contributed by atoms with Gasteiger partial charge in [0.05, 0.1) is 0 Å². The number of amides is 1. The van der Waals surface area contributed by atoms with Gasteiger partial charge in [-0.3, -0.25) is 9.59 Å². The third-order valence-corrected chi connectivity index (χ3v) is 3.44. The van der Waals surface area contributed by atoms with Gasteiger partial charge in [0.15, 0.2) is 0 Å². The van der Waals surface area contributed by atoms with Crippen molar-refractivity contribution in [2.45, 2.75) is 19.3 Å². The number of hydrogen-bond acceptors (Lipinski definition) is 4. The van der Waals surface area contributed by atoms with E-state index in [1.807, 2.05) is 12.1 Å². The SMILES string of the molecule is O=C(O)N1CCCCCN1.O=C1C=Cc2ccccc2C1=O. The van der Waals surface area contributed by atoms with Crippen LogP contribution in [0.2, 0.25) is 0 Å². The number of fused-ring (bicyclic) bond motifs is 1. The van der Waals surface area contributed by atoms with Gasteiger partial charge in [0.1, 0.15) is 0 Å². The van der Waals surface area contributed by atoms with Crippen LogP contribution in [0.15, 0.2) is 30.3 Å². The lowest BCUT2D eigenvalue weighted by atomic mass is 9.96. The Hall–Kier alpha value is -2.47. The van der Waals surface area contributed by atoms with Crippen LogP contribution in [-0.2, 0) is 4.79 Å². The largest absolute Gasteiger partial charge is 0.464 e. The second-order valence-electron chi connectivity index (χ2n) is 5.02. The Morgan fingerprint density at radius 3 is 2.64 bits per heavy atom. The second kappa shape index (κ2) is 7.51. The van der Waals surface area contributed by atoms with Crippen molar-refractivity contribution >= 4 is 23.7 Å². The Bertz CT molecular complexity index is 602. The van der Waals surface area contributed by atoms with Crippen molar-refractivity contribution in [2.24, 2.45) is 0 Å². The van der Waals surface area contributed by atoms with Crippen LogP contribution in [0, 0.1) is 0 Å². The van der Waals surface area contributed by atoms with Gasteiger partial charge < -0.3 is 5.11 Å². The second-order valence-corrected chi connectivity index (χ2v) is 5.02. The molecule has 0 atom stereocenters. The summed E-state index contributed by atoms with van der Waals surface area (Å²) in [6.45, 7) is 1.40. The molecule has 1 saturated heterocycles. The lowest BCUT2D eigenvalue weighted by molar-refractivity contribution is -0.110. The van der Waals surface area contributed by atoms with Crippen LogP contribution in [0.4, 0.5) is 4.79 Å². The normalized spacial score (nSPS) is 17.2. The number of rotatable bonds is 0. The molecule has 6 heteroatoms. The summed E-state index contributed by atoms with van der Waals surface area (Å²) < 4.78 is 0. The molecule has 6 nitrogen and oxygen atoms in total. The molecule has 22 heavy (non-hydrogen) atoms. The molecule has 116 valence electrons. The molecule has 3 rings (SSSR count). The highest BCUT2D eigenvalue weighted by atomic mass is 16.4. The van der Waals surface area contributed by atoms with E-state index in [1.165, 1.54) is 11.1 Å². The van der Waals surface area contributed by atoms with Crippen LogP contribution in [0.3, 0.4) is 0 Å². The van der Waals surface area contributed by atoms with Gasteiger partial charge in [-0.05, 0) is 24.5 Å². The van der Waals surface area contributed by atoms with Crippen LogP contribution in [0.1, 0.15) is 35.2 Å². The van der Waals surface area contributed by atoms with Crippen molar-refractivity contribution in [1.82, 2.24) is 10.4 Å². The van der Waals surface area contributed by atoms with E-state index in [1.54, 1.807) is 18.2 Å². The van der Waals surface area contributed by atoms with Gasteiger partial charge >= 0.3 is 6.09 Å². The monoisotopic (exact) mass is 302 g/mol. The van der Waals surface area contributed by atoms with E-state index in [9.17, 15) is 14.4 Å². The summed E-state index contributed by atoms with van der Waals surface area (Å²) in [5.41, 5.74) is 4.14. The molecule has 0 radical (unpaired) electrons. The number of carbonyl (C=O) groups excluding carboxylic acids is 2. The highest BCUT2D eigenvalue weighted by molar-refractivity contribution is 6.49. The van der Waals surface area contributed by atoms with Crippen LogP contribution in [0.5, 0.6) is 0 Å². The molecule has 2 N–H and O–H groups in total. The summed E-state index contributed by atoms with van der Waals surface area (Å²) in [6.07, 6.45) is 5.27. The zero-order valence-corrected chi connectivity index (χ0v) is 12.1. The van der Waals surface area contributed by atoms with E-state index in [0.717, 1.165) is 31.4 Å². The number of nitrogens with zero attached hydrogens (tertiary/aromatic N) is 1. The van der Waals surface area contributed by atoms with Gasteiger partial charge in [0, 0.05) is 18.7 Å². The molecular formula is C16H18N2O4. The smallest absolute Gasteiger partial charge is 0.421 e. The highest BCUT2D eigenvalue weighted by Gasteiger charge is 2.19. The quantitative estimate of drug-likeness (QED) is 0.717. The number of benzene rings is 1. The maximum absolute atomic E-state index is 11.2. The van der Waals surface area contributed by atoms with Crippen molar-refractivity contribution in [1.29, 1.82) is 0 Å². The van der Waals surface area contributed by atoms with E-state index in [0.29, 0.717) is 12.1 Å². The lowest BCUT2D eigenvalue weighted by Crippen LogP contribution is -2.41. The fourth-order valence-corrected chi connectivity index (χ4v) is 2.25. The standard InChI is InChI=1S/C10H6O2.C6H12N2O2/c11-9-6-5-7-3-1-2-4-8(7)10(9)12;9-6(10)8-5-3-1-2-4-7-8/h1-6H;7H,1-5H2,(H,9,10). The first-order valence-electron chi connectivity index (χ1n) is 7.19. The first-order chi connectivity index (χ1) is 10.6. The zero-order chi connectivity index (χ0) is 15.9. The lowest BCUT2D eigenvalue weighted by Gasteiger charge is -2.15. The number of Topliss-reactive ketones (excluding diaryl/α,β-unsaturated/α-hetero) is 1. The summed E-state index contributed by atoms with van der Waals surface area (Å²) in [5.74, 6) is -0.846. The number of hydrazine groups is 1. The Balaban J connectivity index is 0.000000164. The van der Waals surface area contributed by atoms with Crippen LogP contribution in [-0.4, -0.2) is 40.9 Å². The maximum atomic E-state index is 11.2. The molecule has 1 aliphatic carbocycles. The third-order valence-electron chi connectivity index (χ3n) is 3.44. The topological polar surface area (TPSA) is 86.7 Å². The van der Waals surface area contributed by atoms with Gasteiger partial charge in [-0.1, -0.05) is 36.8 Å². The van der Waals surface area contributed by atoms with E-state index in [-0.39, 0.29) is 0 Å².